The van der Waals surface area contributed by atoms with Gasteiger partial charge in [0, 0.05) is 11.8 Å². The number of ether oxygens (including phenoxy) is 1. The van der Waals surface area contributed by atoms with Gasteiger partial charge in [-0.1, -0.05) is 102 Å². The number of carbonyl (C=O) groups is 1. The fourth-order valence-corrected chi connectivity index (χ4v) is 10.4. The third-order valence-electron chi connectivity index (χ3n) is 12.6. The van der Waals surface area contributed by atoms with Crippen LogP contribution in [-0.2, 0) is 4.74 Å². The minimum absolute atomic E-state index is 0.0303. The van der Waals surface area contributed by atoms with Gasteiger partial charge in [0.2, 0.25) is 0 Å². The molecule has 3 nitrogen and oxygen atoms in total. The van der Waals surface area contributed by atoms with Gasteiger partial charge in [-0.2, -0.15) is 0 Å². The van der Waals surface area contributed by atoms with E-state index in [0.717, 1.165) is 71.2 Å². The van der Waals surface area contributed by atoms with E-state index in [1.54, 1.807) is 5.57 Å². The summed E-state index contributed by atoms with van der Waals surface area (Å²) in [4.78, 5) is 13.0. The van der Waals surface area contributed by atoms with Gasteiger partial charge in [0.1, 0.15) is 6.10 Å². The summed E-state index contributed by atoms with van der Waals surface area (Å²) in [6, 6.07) is 14.2. The highest BCUT2D eigenvalue weighted by Crippen LogP contribution is 2.67. The van der Waals surface area contributed by atoms with E-state index in [2.05, 4.69) is 64.2 Å². The zero-order valence-electron chi connectivity index (χ0n) is 26.3. The number of allylic oxidation sites excluding steroid dienone is 1. The van der Waals surface area contributed by atoms with E-state index in [9.17, 15) is 4.79 Å². The van der Waals surface area contributed by atoms with Gasteiger partial charge in [-0.15, -0.1) is 0 Å². The Bertz CT molecular complexity index is 1270. The number of rotatable bonds is 7. The first-order chi connectivity index (χ1) is 19.7. The zero-order chi connectivity index (χ0) is 28.8. The molecule has 0 unspecified atom stereocenters. The second kappa shape index (κ2) is 11.4. The first-order valence-corrected chi connectivity index (χ1v) is 16.8. The molecule has 1 N–H and O–H groups in total. The summed E-state index contributed by atoms with van der Waals surface area (Å²) in [6.07, 6.45) is 16.4. The molecule has 6 rings (SSSR count). The van der Waals surface area contributed by atoms with Crippen molar-refractivity contribution in [2.24, 2.45) is 46.3 Å². The van der Waals surface area contributed by atoms with Crippen LogP contribution in [-0.4, -0.2) is 12.2 Å². The Morgan fingerprint density at radius 3 is 2.59 bits per heavy atom. The Hall–Kier alpha value is -2.29. The zero-order valence-corrected chi connectivity index (χ0v) is 26.3. The van der Waals surface area contributed by atoms with Crippen LogP contribution in [0.1, 0.15) is 105 Å². The number of benzene rings is 2. The molecule has 0 saturated heterocycles. The molecular formula is C38H53NO2. The molecule has 41 heavy (non-hydrogen) atoms. The van der Waals surface area contributed by atoms with Crippen molar-refractivity contribution in [1.82, 2.24) is 0 Å². The maximum atomic E-state index is 13.0. The van der Waals surface area contributed by atoms with Gasteiger partial charge >= 0.3 is 6.09 Å². The second-order valence-corrected chi connectivity index (χ2v) is 15.2. The van der Waals surface area contributed by atoms with Crippen molar-refractivity contribution < 1.29 is 9.53 Å². The number of carbonyl (C=O) groups excluding carboxylic acids is 1. The molecule has 1 amide bonds. The van der Waals surface area contributed by atoms with Crippen LogP contribution in [0.25, 0.3) is 10.8 Å². The van der Waals surface area contributed by atoms with E-state index >= 15 is 0 Å². The van der Waals surface area contributed by atoms with Crippen LogP contribution in [0.15, 0.2) is 54.1 Å². The molecule has 222 valence electrons. The lowest BCUT2D eigenvalue weighted by Gasteiger charge is -2.58. The molecule has 3 heteroatoms. The van der Waals surface area contributed by atoms with Crippen LogP contribution < -0.4 is 5.32 Å². The van der Waals surface area contributed by atoms with Crippen LogP contribution in [0, 0.1) is 46.3 Å². The highest BCUT2D eigenvalue weighted by Gasteiger charge is 2.59. The molecular weight excluding hydrogens is 502 g/mol. The first kappa shape index (κ1) is 28.8. The predicted molar refractivity (Wildman–Crippen MR) is 171 cm³/mol. The minimum Gasteiger partial charge on any atom is -0.446 e. The fourth-order valence-electron chi connectivity index (χ4n) is 10.4. The van der Waals surface area contributed by atoms with E-state index in [4.69, 9.17) is 4.74 Å². The predicted octanol–water partition coefficient (Wildman–Crippen LogP) is 10.8. The largest absolute Gasteiger partial charge is 0.446 e. The van der Waals surface area contributed by atoms with E-state index in [-0.39, 0.29) is 17.6 Å². The SMILES string of the molecule is CC(C)CCC[C@H](C)[C@H]1CC[C@H]2[C@@H]3CC=C4C[C@H](OC(=O)Nc5cccc6ccccc56)CC[C@]4(C)[C@H]3CC[C@]12C. The lowest BCUT2D eigenvalue weighted by atomic mass is 9.47. The average molecular weight is 556 g/mol. The van der Waals surface area contributed by atoms with Gasteiger partial charge in [-0.3, -0.25) is 5.32 Å². The summed E-state index contributed by atoms with van der Waals surface area (Å²) in [7, 11) is 0. The van der Waals surface area contributed by atoms with Crippen LogP contribution in [0.2, 0.25) is 0 Å². The number of hydrogen-bond donors (Lipinski definition) is 1. The van der Waals surface area contributed by atoms with E-state index in [1.165, 1.54) is 51.4 Å². The van der Waals surface area contributed by atoms with E-state index in [1.807, 2.05) is 24.3 Å². The molecule has 0 spiro atoms. The first-order valence-electron chi connectivity index (χ1n) is 16.8. The van der Waals surface area contributed by atoms with Gasteiger partial charge in [0.15, 0.2) is 0 Å². The van der Waals surface area contributed by atoms with Gasteiger partial charge in [-0.25, -0.2) is 4.79 Å². The van der Waals surface area contributed by atoms with Crippen molar-refractivity contribution >= 4 is 22.6 Å². The number of amides is 1. The molecule has 2 aromatic carbocycles. The topological polar surface area (TPSA) is 38.3 Å². The maximum absolute atomic E-state index is 13.0. The number of anilines is 1. The molecule has 8 atom stereocenters. The third kappa shape index (κ3) is 5.36. The molecule has 4 aliphatic rings. The van der Waals surface area contributed by atoms with Crippen LogP contribution in [0.3, 0.4) is 0 Å². The summed E-state index contributed by atoms with van der Waals surface area (Å²) >= 11 is 0. The third-order valence-corrected chi connectivity index (χ3v) is 12.6. The monoisotopic (exact) mass is 555 g/mol. The molecule has 2 aromatic rings. The summed E-state index contributed by atoms with van der Waals surface area (Å²) in [6.45, 7) is 12.6. The summed E-state index contributed by atoms with van der Waals surface area (Å²) in [5.74, 6) is 5.10. The van der Waals surface area contributed by atoms with Gasteiger partial charge in [0.05, 0.1) is 5.69 Å². The van der Waals surface area contributed by atoms with E-state index in [0.29, 0.717) is 5.41 Å². The Morgan fingerprint density at radius 2 is 1.76 bits per heavy atom. The lowest BCUT2D eigenvalue weighted by molar-refractivity contribution is -0.0577. The van der Waals surface area contributed by atoms with Gasteiger partial charge in [0.25, 0.3) is 0 Å². The highest BCUT2D eigenvalue weighted by atomic mass is 16.6. The molecule has 3 saturated carbocycles. The molecule has 0 heterocycles. The Kier molecular flexibility index (Phi) is 8.02. The van der Waals surface area contributed by atoms with Crippen molar-refractivity contribution in [2.75, 3.05) is 5.32 Å². The van der Waals surface area contributed by atoms with E-state index < -0.39 is 0 Å². The number of hydrogen-bond acceptors (Lipinski definition) is 2. The summed E-state index contributed by atoms with van der Waals surface area (Å²) < 4.78 is 6.06. The number of nitrogens with one attached hydrogen (secondary N) is 1. The minimum atomic E-state index is -0.322. The Labute approximate surface area is 248 Å². The van der Waals surface area contributed by atoms with Crippen molar-refractivity contribution in [3.63, 3.8) is 0 Å². The van der Waals surface area contributed by atoms with Crippen molar-refractivity contribution in [1.29, 1.82) is 0 Å². The second-order valence-electron chi connectivity index (χ2n) is 15.2. The molecule has 0 aromatic heterocycles. The van der Waals surface area contributed by atoms with Crippen LogP contribution in [0.4, 0.5) is 10.5 Å². The Morgan fingerprint density at radius 1 is 0.951 bits per heavy atom. The Balaban J connectivity index is 1.10. The van der Waals surface area contributed by atoms with Crippen molar-refractivity contribution in [3.05, 3.63) is 54.1 Å². The molecule has 4 aliphatic carbocycles. The smallest absolute Gasteiger partial charge is 0.411 e. The normalized spacial score (nSPS) is 35.3. The summed E-state index contributed by atoms with van der Waals surface area (Å²) in [5.41, 5.74) is 3.20. The number of fused-ring (bicyclic) bond motifs is 6. The fraction of sp³-hybridized carbons (Fsp3) is 0.658. The van der Waals surface area contributed by atoms with Gasteiger partial charge < -0.3 is 4.74 Å². The lowest BCUT2D eigenvalue weighted by Crippen LogP contribution is -2.51. The maximum Gasteiger partial charge on any atom is 0.411 e. The van der Waals surface area contributed by atoms with Crippen LogP contribution >= 0.6 is 0 Å². The standard InChI is InChI=1S/C38H53NO2/c1-25(2)10-8-11-26(3)32-18-19-33-31-17-16-28-24-29(20-22-37(28,4)34(31)21-23-38(32,33)5)41-36(40)39-35-15-9-13-27-12-6-7-14-30(27)35/h6-7,9,12-16,25-26,29,31-34H,8,10-11,17-24H2,1-5H3,(H,39,40)/t26-,29+,31-,32+,33-,34-,37-,38+/m0/s1. The molecule has 0 aliphatic heterocycles. The summed E-state index contributed by atoms with van der Waals surface area (Å²) in [5, 5.41) is 5.21. The van der Waals surface area contributed by atoms with Gasteiger partial charge in [-0.05, 0) is 103 Å². The highest BCUT2D eigenvalue weighted by molar-refractivity contribution is 6.00. The molecule has 3 fully saturated rings. The molecule has 0 bridgehead atoms. The van der Waals surface area contributed by atoms with Crippen LogP contribution in [0.5, 0.6) is 0 Å². The van der Waals surface area contributed by atoms with Crippen molar-refractivity contribution in [2.45, 2.75) is 111 Å². The average Bonchev–Trinajstić information content (AvgIpc) is 3.30. The van der Waals surface area contributed by atoms with Crippen molar-refractivity contribution in [3.8, 4) is 0 Å². The quantitative estimate of drug-likeness (QED) is 0.345. The molecule has 0 radical (unpaired) electrons.